The number of carbonyl (C=O) groups excluding carboxylic acids is 2. The van der Waals surface area contributed by atoms with Gasteiger partial charge in [-0.2, -0.15) is 4.31 Å². The second-order valence-electron chi connectivity index (χ2n) is 10.2. The molecule has 0 N–H and O–H groups in total. The third-order valence-corrected chi connectivity index (χ3v) is 9.89. The van der Waals surface area contributed by atoms with Crippen LogP contribution in [-0.2, 0) is 19.6 Å². The van der Waals surface area contributed by atoms with Crippen LogP contribution in [0, 0.1) is 17.8 Å². The molecular weight excluding hydrogens is 414 g/mol. The first kappa shape index (κ1) is 24.6. The summed E-state index contributed by atoms with van der Waals surface area (Å²) in [6.07, 6.45) is 5.09. The summed E-state index contributed by atoms with van der Waals surface area (Å²) in [5.41, 5.74) is 0. The highest BCUT2D eigenvalue weighted by atomic mass is 32.2. The summed E-state index contributed by atoms with van der Waals surface area (Å²) in [6, 6.07) is 0.478. The lowest BCUT2D eigenvalue weighted by Gasteiger charge is -2.43. The van der Waals surface area contributed by atoms with Crippen molar-refractivity contribution >= 4 is 21.7 Å². The van der Waals surface area contributed by atoms with E-state index in [2.05, 4.69) is 4.90 Å². The molecule has 3 fully saturated rings. The predicted octanol–water partition coefficient (Wildman–Crippen LogP) is 2.36. The highest BCUT2D eigenvalue weighted by molar-refractivity contribution is 7.89. The number of Topliss-reactive ketones (excluding diaryl/α,β-unsaturated/α-hetero) is 1. The Morgan fingerprint density at radius 2 is 1.29 bits per heavy atom. The van der Waals surface area contributed by atoms with E-state index in [-0.39, 0.29) is 28.9 Å². The van der Waals surface area contributed by atoms with Gasteiger partial charge >= 0.3 is 0 Å². The average molecular weight is 456 g/mol. The molecule has 0 aromatic carbocycles. The summed E-state index contributed by atoms with van der Waals surface area (Å²) in [6.45, 7) is 11.5. The van der Waals surface area contributed by atoms with Crippen molar-refractivity contribution in [2.45, 2.75) is 77.5 Å². The standard InChI is InChI=1S/C23H41N3O4S/c1-17(2)22(27)19-5-7-20(8-6-19)24-13-15-26(16-14-24)31(29,30)21-9-11-25(12-10-21)23(28)18(3)4/h17-21H,5-16H2,1-4H3. The molecule has 0 spiro atoms. The van der Waals surface area contributed by atoms with Crippen molar-refractivity contribution in [3.05, 3.63) is 0 Å². The predicted molar refractivity (Wildman–Crippen MR) is 122 cm³/mol. The molecule has 178 valence electrons. The number of nitrogens with zero attached hydrogens (tertiary/aromatic N) is 3. The maximum atomic E-state index is 13.2. The van der Waals surface area contributed by atoms with Gasteiger partial charge in [-0.1, -0.05) is 27.7 Å². The maximum absolute atomic E-state index is 13.2. The van der Waals surface area contributed by atoms with Crippen LogP contribution in [0.4, 0.5) is 0 Å². The Morgan fingerprint density at radius 3 is 1.77 bits per heavy atom. The molecule has 7 nitrogen and oxygen atoms in total. The Balaban J connectivity index is 1.46. The van der Waals surface area contributed by atoms with E-state index in [1.54, 1.807) is 4.31 Å². The van der Waals surface area contributed by atoms with Crippen LogP contribution in [0.2, 0.25) is 0 Å². The van der Waals surface area contributed by atoms with Gasteiger partial charge in [-0.3, -0.25) is 14.5 Å². The van der Waals surface area contributed by atoms with E-state index in [1.807, 2.05) is 32.6 Å². The van der Waals surface area contributed by atoms with Crippen molar-refractivity contribution in [3.8, 4) is 0 Å². The van der Waals surface area contributed by atoms with Gasteiger partial charge in [0.25, 0.3) is 0 Å². The lowest BCUT2D eigenvalue weighted by atomic mass is 9.80. The average Bonchev–Trinajstić information content (AvgIpc) is 2.78. The molecule has 1 saturated carbocycles. The highest BCUT2D eigenvalue weighted by Crippen LogP contribution is 2.31. The van der Waals surface area contributed by atoms with Crippen LogP contribution >= 0.6 is 0 Å². The topological polar surface area (TPSA) is 78.0 Å². The molecule has 1 aliphatic carbocycles. The number of piperidine rings is 1. The minimum atomic E-state index is -3.31. The van der Waals surface area contributed by atoms with E-state index >= 15 is 0 Å². The molecule has 31 heavy (non-hydrogen) atoms. The fourth-order valence-electron chi connectivity index (χ4n) is 5.47. The number of rotatable bonds is 6. The van der Waals surface area contributed by atoms with Crippen molar-refractivity contribution in [3.63, 3.8) is 0 Å². The maximum Gasteiger partial charge on any atom is 0.225 e. The molecule has 3 rings (SSSR count). The van der Waals surface area contributed by atoms with E-state index in [1.165, 1.54) is 0 Å². The van der Waals surface area contributed by atoms with Gasteiger partial charge in [0.05, 0.1) is 5.25 Å². The fourth-order valence-corrected chi connectivity index (χ4v) is 7.37. The van der Waals surface area contributed by atoms with E-state index in [9.17, 15) is 18.0 Å². The van der Waals surface area contributed by atoms with Crippen molar-refractivity contribution in [2.24, 2.45) is 17.8 Å². The third-order valence-electron chi connectivity index (χ3n) is 7.49. The summed E-state index contributed by atoms with van der Waals surface area (Å²) < 4.78 is 28.0. The van der Waals surface area contributed by atoms with Gasteiger partial charge in [-0.05, 0) is 38.5 Å². The molecule has 0 unspecified atom stereocenters. The van der Waals surface area contributed by atoms with Crippen molar-refractivity contribution in [1.29, 1.82) is 0 Å². The summed E-state index contributed by atoms with van der Waals surface area (Å²) in [5, 5.41) is -0.368. The van der Waals surface area contributed by atoms with Crippen LogP contribution < -0.4 is 0 Å². The largest absolute Gasteiger partial charge is 0.342 e. The van der Waals surface area contributed by atoms with Crippen LogP contribution in [0.15, 0.2) is 0 Å². The smallest absolute Gasteiger partial charge is 0.225 e. The Morgan fingerprint density at radius 1 is 0.742 bits per heavy atom. The molecule has 0 radical (unpaired) electrons. The highest BCUT2D eigenvalue weighted by Gasteiger charge is 2.39. The molecule has 1 amide bonds. The minimum absolute atomic E-state index is 0.0419. The molecule has 2 aliphatic heterocycles. The molecule has 0 atom stereocenters. The number of carbonyl (C=O) groups is 2. The van der Waals surface area contributed by atoms with Crippen molar-refractivity contribution in [2.75, 3.05) is 39.3 Å². The molecule has 0 aromatic rings. The van der Waals surface area contributed by atoms with Gasteiger partial charge in [0.2, 0.25) is 15.9 Å². The fraction of sp³-hybridized carbons (Fsp3) is 0.913. The molecule has 3 aliphatic rings. The van der Waals surface area contributed by atoms with Gasteiger partial charge in [-0.25, -0.2) is 8.42 Å². The lowest BCUT2D eigenvalue weighted by molar-refractivity contribution is -0.135. The molecule has 0 aromatic heterocycles. The Labute approximate surface area is 188 Å². The number of amides is 1. The van der Waals surface area contributed by atoms with Gasteiger partial charge in [0.1, 0.15) is 5.78 Å². The van der Waals surface area contributed by atoms with Gasteiger partial charge in [0.15, 0.2) is 0 Å². The van der Waals surface area contributed by atoms with Crippen LogP contribution in [0.25, 0.3) is 0 Å². The molecule has 8 heteroatoms. The quantitative estimate of drug-likeness (QED) is 0.614. The number of hydrogen-bond donors (Lipinski definition) is 0. The van der Waals surface area contributed by atoms with Crippen LogP contribution in [0.3, 0.4) is 0 Å². The molecular formula is C23H41N3O4S. The Hall–Kier alpha value is -0.990. The third kappa shape index (κ3) is 5.69. The normalized spacial score (nSPS) is 27.7. The van der Waals surface area contributed by atoms with E-state index < -0.39 is 10.0 Å². The molecule has 2 heterocycles. The Bertz CT molecular complexity index is 728. The van der Waals surface area contributed by atoms with Crippen LogP contribution in [-0.4, -0.2) is 84.8 Å². The first-order chi connectivity index (χ1) is 14.6. The van der Waals surface area contributed by atoms with Crippen LogP contribution in [0.1, 0.15) is 66.2 Å². The summed E-state index contributed by atoms with van der Waals surface area (Å²) in [7, 11) is -3.31. The van der Waals surface area contributed by atoms with Gasteiger partial charge in [0, 0.05) is 63.1 Å². The minimum Gasteiger partial charge on any atom is -0.342 e. The second kappa shape index (κ2) is 10.3. The van der Waals surface area contributed by atoms with E-state index in [4.69, 9.17) is 0 Å². The SMILES string of the molecule is CC(C)C(=O)C1CCC(N2CCN(S(=O)(=O)C3CCN(C(=O)C(C)C)CC3)CC2)CC1. The number of hydrogen-bond acceptors (Lipinski definition) is 5. The lowest BCUT2D eigenvalue weighted by Crippen LogP contribution is -2.55. The summed E-state index contributed by atoms with van der Waals surface area (Å²) in [4.78, 5) is 28.7. The van der Waals surface area contributed by atoms with E-state index in [0.29, 0.717) is 50.8 Å². The monoisotopic (exact) mass is 455 g/mol. The molecule has 2 saturated heterocycles. The number of sulfonamides is 1. The second-order valence-corrected chi connectivity index (χ2v) is 12.4. The van der Waals surface area contributed by atoms with Crippen molar-refractivity contribution < 1.29 is 18.0 Å². The van der Waals surface area contributed by atoms with Crippen molar-refractivity contribution in [1.82, 2.24) is 14.1 Å². The summed E-state index contributed by atoms with van der Waals surface area (Å²) >= 11 is 0. The zero-order valence-corrected chi connectivity index (χ0v) is 20.6. The number of likely N-dealkylation sites (tertiary alicyclic amines) is 1. The first-order valence-electron chi connectivity index (χ1n) is 12.2. The van der Waals surface area contributed by atoms with Gasteiger partial charge < -0.3 is 4.90 Å². The van der Waals surface area contributed by atoms with Crippen LogP contribution in [0.5, 0.6) is 0 Å². The zero-order chi connectivity index (χ0) is 22.8. The number of ketones is 1. The molecule has 0 bridgehead atoms. The van der Waals surface area contributed by atoms with Gasteiger partial charge in [-0.15, -0.1) is 0 Å². The number of piperazine rings is 1. The zero-order valence-electron chi connectivity index (χ0n) is 19.8. The summed E-state index contributed by atoms with van der Waals surface area (Å²) in [5.74, 6) is 0.807. The van der Waals surface area contributed by atoms with E-state index in [0.717, 1.165) is 38.8 Å². The first-order valence-corrected chi connectivity index (χ1v) is 13.7. The Kier molecular flexibility index (Phi) is 8.19.